The SMILES string of the molecule is CC(C)N(C(=O)c1cc2c(s1)CCCC2)c1ccccc1. The molecule has 1 aromatic carbocycles. The number of carbonyl (C=O) groups is 1. The monoisotopic (exact) mass is 299 g/mol. The van der Waals surface area contributed by atoms with E-state index in [0.29, 0.717) is 0 Å². The van der Waals surface area contributed by atoms with Crippen LogP contribution in [0.4, 0.5) is 5.69 Å². The van der Waals surface area contributed by atoms with Crippen molar-refractivity contribution in [3.63, 3.8) is 0 Å². The van der Waals surface area contributed by atoms with Crippen molar-refractivity contribution in [1.82, 2.24) is 0 Å². The van der Waals surface area contributed by atoms with Gasteiger partial charge in [-0.05, 0) is 63.3 Å². The number of amides is 1. The zero-order valence-corrected chi connectivity index (χ0v) is 13.5. The van der Waals surface area contributed by atoms with E-state index in [0.717, 1.165) is 23.4 Å². The fraction of sp³-hybridized carbons (Fsp3) is 0.389. The predicted octanol–water partition coefficient (Wildman–Crippen LogP) is 4.68. The number of benzene rings is 1. The molecule has 3 heteroatoms. The van der Waals surface area contributed by atoms with Crippen molar-refractivity contribution >= 4 is 22.9 Å². The number of para-hydroxylation sites is 1. The molecule has 0 N–H and O–H groups in total. The summed E-state index contributed by atoms with van der Waals surface area (Å²) in [5.41, 5.74) is 2.37. The predicted molar refractivity (Wildman–Crippen MR) is 89.3 cm³/mol. The van der Waals surface area contributed by atoms with Gasteiger partial charge in [-0.15, -0.1) is 11.3 Å². The molecule has 2 aromatic rings. The third kappa shape index (κ3) is 2.88. The molecule has 1 aliphatic carbocycles. The molecule has 0 fully saturated rings. The molecule has 110 valence electrons. The average Bonchev–Trinajstić information content (AvgIpc) is 2.92. The van der Waals surface area contributed by atoms with Crippen molar-refractivity contribution in [2.75, 3.05) is 4.90 Å². The zero-order valence-electron chi connectivity index (χ0n) is 12.6. The number of hydrogen-bond donors (Lipinski definition) is 0. The van der Waals surface area contributed by atoms with Gasteiger partial charge in [0.2, 0.25) is 0 Å². The van der Waals surface area contributed by atoms with Gasteiger partial charge in [-0.25, -0.2) is 0 Å². The van der Waals surface area contributed by atoms with E-state index >= 15 is 0 Å². The number of nitrogens with zero attached hydrogens (tertiary/aromatic N) is 1. The van der Waals surface area contributed by atoms with Crippen LogP contribution in [0, 0.1) is 0 Å². The Morgan fingerprint density at radius 1 is 1.14 bits per heavy atom. The molecule has 3 rings (SSSR count). The summed E-state index contributed by atoms with van der Waals surface area (Å²) in [6, 6.07) is 12.2. The van der Waals surface area contributed by atoms with E-state index in [-0.39, 0.29) is 11.9 Å². The van der Waals surface area contributed by atoms with E-state index in [1.54, 1.807) is 11.3 Å². The number of aryl methyl sites for hydroxylation is 2. The zero-order chi connectivity index (χ0) is 14.8. The number of rotatable bonds is 3. The van der Waals surface area contributed by atoms with Crippen molar-refractivity contribution in [2.24, 2.45) is 0 Å². The van der Waals surface area contributed by atoms with E-state index in [4.69, 9.17) is 0 Å². The lowest BCUT2D eigenvalue weighted by Crippen LogP contribution is -2.36. The van der Waals surface area contributed by atoms with Crippen LogP contribution in [-0.4, -0.2) is 11.9 Å². The van der Waals surface area contributed by atoms with Gasteiger partial charge in [0.25, 0.3) is 5.91 Å². The first-order valence-electron chi connectivity index (χ1n) is 7.67. The van der Waals surface area contributed by atoms with Gasteiger partial charge in [-0.3, -0.25) is 4.79 Å². The van der Waals surface area contributed by atoms with Gasteiger partial charge >= 0.3 is 0 Å². The molecule has 0 unspecified atom stereocenters. The number of anilines is 1. The molecule has 1 aliphatic rings. The van der Waals surface area contributed by atoms with E-state index < -0.39 is 0 Å². The lowest BCUT2D eigenvalue weighted by atomic mass is 9.99. The smallest absolute Gasteiger partial charge is 0.268 e. The maximum atomic E-state index is 12.9. The van der Waals surface area contributed by atoms with Crippen molar-refractivity contribution in [2.45, 2.75) is 45.6 Å². The normalized spacial score (nSPS) is 14.0. The summed E-state index contributed by atoms with van der Waals surface area (Å²) in [4.78, 5) is 17.1. The molecule has 0 atom stereocenters. The van der Waals surface area contributed by atoms with Gasteiger partial charge in [0, 0.05) is 16.6 Å². The molecule has 21 heavy (non-hydrogen) atoms. The molecule has 1 aromatic heterocycles. The van der Waals surface area contributed by atoms with Gasteiger partial charge in [0.05, 0.1) is 4.88 Å². The number of thiophene rings is 1. The van der Waals surface area contributed by atoms with Gasteiger partial charge in [0.15, 0.2) is 0 Å². The number of carbonyl (C=O) groups excluding carboxylic acids is 1. The lowest BCUT2D eigenvalue weighted by molar-refractivity contribution is 0.0984. The van der Waals surface area contributed by atoms with Crippen LogP contribution in [0.5, 0.6) is 0 Å². The molecule has 0 radical (unpaired) electrons. The van der Waals surface area contributed by atoms with Crippen LogP contribution in [0.25, 0.3) is 0 Å². The first-order chi connectivity index (χ1) is 10.2. The lowest BCUT2D eigenvalue weighted by Gasteiger charge is -2.26. The quantitative estimate of drug-likeness (QED) is 0.805. The Kier molecular flexibility index (Phi) is 4.11. The third-order valence-electron chi connectivity index (χ3n) is 3.98. The van der Waals surface area contributed by atoms with Gasteiger partial charge in [-0.2, -0.15) is 0 Å². The van der Waals surface area contributed by atoms with E-state index in [1.165, 1.54) is 23.3 Å². The molecule has 1 heterocycles. The average molecular weight is 299 g/mol. The van der Waals surface area contributed by atoms with Crippen LogP contribution in [0.3, 0.4) is 0 Å². The van der Waals surface area contributed by atoms with Crippen LogP contribution in [0.2, 0.25) is 0 Å². The largest absolute Gasteiger partial charge is 0.305 e. The Morgan fingerprint density at radius 3 is 2.52 bits per heavy atom. The minimum Gasteiger partial charge on any atom is -0.305 e. The highest BCUT2D eigenvalue weighted by molar-refractivity contribution is 7.14. The second kappa shape index (κ2) is 6.02. The van der Waals surface area contributed by atoms with E-state index in [1.807, 2.05) is 35.2 Å². The Balaban J connectivity index is 1.93. The Bertz CT molecular complexity index is 606. The molecule has 0 saturated carbocycles. The fourth-order valence-corrected chi connectivity index (χ4v) is 4.14. The maximum absolute atomic E-state index is 12.9. The number of hydrogen-bond acceptors (Lipinski definition) is 2. The Hall–Kier alpha value is -1.61. The van der Waals surface area contributed by atoms with E-state index in [2.05, 4.69) is 19.9 Å². The highest BCUT2D eigenvalue weighted by atomic mass is 32.1. The Morgan fingerprint density at radius 2 is 1.86 bits per heavy atom. The maximum Gasteiger partial charge on any atom is 0.268 e. The van der Waals surface area contributed by atoms with Crippen LogP contribution in [-0.2, 0) is 12.8 Å². The van der Waals surface area contributed by atoms with Crippen molar-refractivity contribution in [1.29, 1.82) is 0 Å². The number of fused-ring (bicyclic) bond motifs is 1. The third-order valence-corrected chi connectivity index (χ3v) is 5.20. The van der Waals surface area contributed by atoms with Gasteiger partial charge in [-0.1, -0.05) is 18.2 Å². The molecule has 0 aliphatic heterocycles. The summed E-state index contributed by atoms with van der Waals surface area (Å²) < 4.78 is 0. The fourth-order valence-electron chi connectivity index (χ4n) is 2.95. The molecule has 0 bridgehead atoms. The second-order valence-corrected chi connectivity index (χ2v) is 7.01. The van der Waals surface area contributed by atoms with Crippen LogP contribution in [0.15, 0.2) is 36.4 Å². The van der Waals surface area contributed by atoms with Crippen LogP contribution < -0.4 is 4.90 Å². The standard InChI is InChI=1S/C18H21NOS/c1-13(2)19(15-9-4-3-5-10-15)18(20)17-12-14-8-6-7-11-16(14)21-17/h3-5,9-10,12-13H,6-8,11H2,1-2H3. The first-order valence-corrected chi connectivity index (χ1v) is 8.48. The van der Waals surface area contributed by atoms with Crippen LogP contribution in [0.1, 0.15) is 46.8 Å². The first kappa shape index (κ1) is 14.3. The van der Waals surface area contributed by atoms with Crippen molar-refractivity contribution in [3.8, 4) is 0 Å². The highest BCUT2D eigenvalue weighted by Crippen LogP contribution is 2.31. The molecule has 2 nitrogen and oxygen atoms in total. The summed E-state index contributed by atoms with van der Waals surface area (Å²) in [5, 5.41) is 0. The van der Waals surface area contributed by atoms with Crippen molar-refractivity contribution < 1.29 is 4.79 Å². The van der Waals surface area contributed by atoms with Crippen LogP contribution >= 0.6 is 11.3 Å². The van der Waals surface area contributed by atoms with Crippen molar-refractivity contribution in [3.05, 3.63) is 51.7 Å². The molecular weight excluding hydrogens is 278 g/mol. The minimum atomic E-state index is 0.135. The Labute approximate surface area is 130 Å². The molecule has 0 saturated heterocycles. The minimum absolute atomic E-state index is 0.135. The summed E-state index contributed by atoms with van der Waals surface area (Å²) in [6.45, 7) is 4.14. The summed E-state index contributed by atoms with van der Waals surface area (Å²) >= 11 is 1.69. The summed E-state index contributed by atoms with van der Waals surface area (Å²) in [5.74, 6) is 0.135. The highest BCUT2D eigenvalue weighted by Gasteiger charge is 2.24. The topological polar surface area (TPSA) is 20.3 Å². The summed E-state index contributed by atoms with van der Waals surface area (Å²) in [6.07, 6.45) is 4.78. The van der Waals surface area contributed by atoms with E-state index in [9.17, 15) is 4.79 Å². The molecular formula is C18H21NOS. The van der Waals surface area contributed by atoms with Gasteiger partial charge < -0.3 is 4.90 Å². The second-order valence-electron chi connectivity index (χ2n) is 5.87. The molecule has 1 amide bonds. The summed E-state index contributed by atoms with van der Waals surface area (Å²) in [7, 11) is 0. The molecule has 0 spiro atoms. The van der Waals surface area contributed by atoms with Gasteiger partial charge in [0.1, 0.15) is 0 Å².